The summed E-state index contributed by atoms with van der Waals surface area (Å²) in [4.78, 5) is 24.0. The highest BCUT2D eigenvalue weighted by molar-refractivity contribution is 8.00. The van der Waals surface area contributed by atoms with Gasteiger partial charge in [-0.2, -0.15) is 0 Å². The van der Waals surface area contributed by atoms with Gasteiger partial charge in [0.25, 0.3) is 0 Å². The van der Waals surface area contributed by atoms with Crippen molar-refractivity contribution in [3.05, 3.63) is 35.6 Å². The van der Waals surface area contributed by atoms with Gasteiger partial charge in [-0.05, 0) is 18.1 Å². The van der Waals surface area contributed by atoms with Crippen LogP contribution in [0.1, 0.15) is 5.56 Å². The fourth-order valence-electron chi connectivity index (χ4n) is 2.15. The van der Waals surface area contributed by atoms with Crippen LogP contribution in [-0.4, -0.2) is 49.1 Å². The van der Waals surface area contributed by atoms with Crippen molar-refractivity contribution < 1.29 is 18.7 Å². The molecule has 7 heteroatoms. The van der Waals surface area contributed by atoms with Gasteiger partial charge in [0.1, 0.15) is 11.9 Å². The highest BCUT2D eigenvalue weighted by Gasteiger charge is 2.32. The first-order valence-electron chi connectivity index (χ1n) is 7.04. The molecule has 2 atom stereocenters. The van der Waals surface area contributed by atoms with Gasteiger partial charge in [0, 0.05) is 19.4 Å². The van der Waals surface area contributed by atoms with Crippen LogP contribution in [0.3, 0.4) is 0 Å². The zero-order chi connectivity index (χ0) is 15.9. The quantitative estimate of drug-likeness (QED) is 0.757. The molecule has 0 aromatic heterocycles. The van der Waals surface area contributed by atoms with E-state index in [2.05, 4.69) is 10.6 Å². The predicted octanol–water partition coefficient (Wildman–Crippen LogP) is 0.731. The SMILES string of the molecule is COCCNC(=O)C1CSC(Cc2ccccc2F)C(=O)N1. The minimum absolute atomic E-state index is 0.220. The Morgan fingerprint density at radius 2 is 2.27 bits per heavy atom. The molecule has 1 aromatic carbocycles. The molecule has 2 rings (SSSR count). The van der Waals surface area contributed by atoms with Crippen LogP contribution < -0.4 is 10.6 Å². The predicted molar refractivity (Wildman–Crippen MR) is 83.2 cm³/mol. The van der Waals surface area contributed by atoms with Gasteiger partial charge in [-0.1, -0.05) is 18.2 Å². The molecule has 5 nitrogen and oxygen atoms in total. The number of carbonyl (C=O) groups excluding carboxylic acids is 2. The Balaban J connectivity index is 1.86. The molecule has 0 saturated carbocycles. The number of halogens is 1. The fourth-order valence-corrected chi connectivity index (χ4v) is 3.33. The Bertz CT molecular complexity index is 541. The smallest absolute Gasteiger partial charge is 0.243 e. The maximum absolute atomic E-state index is 13.6. The molecule has 1 aliphatic rings. The molecular weight excluding hydrogens is 307 g/mol. The summed E-state index contributed by atoms with van der Waals surface area (Å²) in [6, 6.07) is 5.87. The summed E-state index contributed by atoms with van der Waals surface area (Å²) in [5.41, 5.74) is 0.512. The largest absolute Gasteiger partial charge is 0.383 e. The van der Waals surface area contributed by atoms with E-state index in [4.69, 9.17) is 4.74 Å². The summed E-state index contributed by atoms with van der Waals surface area (Å²) in [7, 11) is 1.55. The normalized spacial score (nSPS) is 21.3. The molecule has 22 heavy (non-hydrogen) atoms. The van der Waals surface area contributed by atoms with Crippen LogP contribution in [0, 0.1) is 5.82 Å². The van der Waals surface area contributed by atoms with E-state index in [1.165, 1.54) is 17.8 Å². The highest BCUT2D eigenvalue weighted by Crippen LogP contribution is 2.23. The fraction of sp³-hybridized carbons (Fsp3) is 0.467. The standard InChI is InChI=1S/C15H19FN2O3S/c1-21-7-6-17-14(19)12-9-22-13(15(20)18-12)8-10-4-2-3-5-11(10)16/h2-5,12-13H,6-9H2,1H3,(H,17,19)(H,18,20). The van der Waals surface area contributed by atoms with Gasteiger partial charge < -0.3 is 15.4 Å². The van der Waals surface area contributed by atoms with E-state index in [9.17, 15) is 14.0 Å². The van der Waals surface area contributed by atoms with Crippen molar-refractivity contribution in [1.29, 1.82) is 0 Å². The molecule has 1 aliphatic heterocycles. The summed E-state index contributed by atoms with van der Waals surface area (Å²) in [5, 5.41) is 5.02. The Hall–Kier alpha value is -1.60. The Labute approximate surface area is 133 Å². The number of amides is 2. The number of hydrogen-bond acceptors (Lipinski definition) is 4. The third kappa shape index (κ3) is 4.45. The minimum Gasteiger partial charge on any atom is -0.383 e. The molecule has 0 spiro atoms. The van der Waals surface area contributed by atoms with E-state index in [-0.39, 0.29) is 22.9 Å². The third-order valence-corrected chi connectivity index (χ3v) is 4.67. The van der Waals surface area contributed by atoms with Gasteiger partial charge in [-0.15, -0.1) is 11.8 Å². The van der Waals surface area contributed by atoms with Crippen molar-refractivity contribution in [1.82, 2.24) is 10.6 Å². The molecule has 120 valence electrons. The van der Waals surface area contributed by atoms with Gasteiger partial charge >= 0.3 is 0 Å². The van der Waals surface area contributed by atoms with Crippen molar-refractivity contribution in [2.45, 2.75) is 17.7 Å². The van der Waals surface area contributed by atoms with Crippen molar-refractivity contribution in [2.75, 3.05) is 26.0 Å². The highest BCUT2D eigenvalue weighted by atomic mass is 32.2. The molecule has 0 bridgehead atoms. The van der Waals surface area contributed by atoms with Crippen LogP contribution in [0.25, 0.3) is 0 Å². The number of methoxy groups -OCH3 is 1. The van der Waals surface area contributed by atoms with Crippen molar-refractivity contribution in [3.8, 4) is 0 Å². The average Bonchev–Trinajstić information content (AvgIpc) is 2.51. The summed E-state index contributed by atoms with van der Waals surface area (Å²) >= 11 is 1.38. The van der Waals surface area contributed by atoms with Gasteiger partial charge in [0.2, 0.25) is 11.8 Å². The molecule has 2 unspecified atom stereocenters. The topological polar surface area (TPSA) is 67.4 Å². The van der Waals surface area contributed by atoms with E-state index >= 15 is 0 Å². The van der Waals surface area contributed by atoms with E-state index in [1.807, 2.05) is 0 Å². The lowest BCUT2D eigenvalue weighted by Gasteiger charge is -2.28. The van der Waals surface area contributed by atoms with Crippen molar-refractivity contribution in [3.63, 3.8) is 0 Å². The van der Waals surface area contributed by atoms with E-state index < -0.39 is 6.04 Å². The molecule has 2 N–H and O–H groups in total. The second kappa shape index (κ2) is 8.14. The lowest BCUT2D eigenvalue weighted by Crippen LogP contribution is -2.54. The summed E-state index contributed by atoms with van der Waals surface area (Å²) in [5.74, 6) is -0.284. The zero-order valence-electron chi connectivity index (χ0n) is 12.3. The summed E-state index contributed by atoms with van der Waals surface area (Å²) in [6.45, 7) is 0.834. The lowest BCUT2D eigenvalue weighted by atomic mass is 10.1. The maximum Gasteiger partial charge on any atom is 0.243 e. The third-order valence-electron chi connectivity index (χ3n) is 3.36. The maximum atomic E-state index is 13.6. The number of nitrogens with one attached hydrogen (secondary N) is 2. The van der Waals surface area contributed by atoms with Gasteiger partial charge in [0.15, 0.2) is 0 Å². The zero-order valence-corrected chi connectivity index (χ0v) is 13.1. The Morgan fingerprint density at radius 1 is 1.50 bits per heavy atom. The van der Waals surface area contributed by atoms with Crippen LogP contribution >= 0.6 is 11.8 Å². The molecular formula is C15H19FN2O3S. The summed E-state index contributed by atoms with van der Waals surface area (Å²) < 4.78 is 18.5. The van der Waals surface area contributed by atoms with Crippen LogP contribution in [0.2, 0.25) is 0 Å². The average molecular weight is 326 g/mol. The van der Waals surface area contributed by atoms with Crippen molar-refractivity contribution >= 4 is 23.6 Å². The number of benzene rings is 1. The molecule has 1 heterocycles. The second-order valence-corrected chi connectivity index (χ2v) is 6.20. The Kier molecular flexibility index (Phi) is 6.21. The minimum atomic E-state index is -0.550. The number of carbonyl (C=O) groups is 2. The number of hydrogen-bond donors (Lipinski definition) is 2. The number of ether oxygens (including phenoxy) is 1. The molecule has 1 aromatic rings. The Morgan fingerprint density at radius 3 is 2.95 bits per heavy atom. The first kappa shape index (κ1) is 16.8. The lowest BCUT2D eigenvalue weighted by molar-refractivity contribution is -0.128. The second-order valence-electron chi connectivity index (χ2n) is 4.96. The summed E-state index contributed by atoms with van der Waals surface area (Å²) in [6.07, 6.45) is 0.321. The molecule has 0 aliphatic carbocycles. The van der Waals surface area contributed by atoms with Crippen molar-refractivity contribution in [2.24, 2.45) is 0 Å². The monoisotopic (exact) mass is 326 g/mol. The van der Waals surface area contributed by atoms with Crippen LogP contribution in [0.5, 0.6) is 0 Å². The molecule has 2 amide bonds. The van der Waals surface area contributed by atoms with Crippen LogP contribution in [-0.2, 0) is 20.7 Å². The van der Waals surface area contributed by atoms with Gasteiger partial charge in [-0.3, -0.25) is 9.59 Å². The first-order chi connectivity index (χ1) is 10.6. The van der Waals surface area contributed by atoms with Crippen LogP contribution in [0.4, 0.5) is 4.39 Å². The van der Waals surface area contributed by atoms with E-state index in [0.29, 0.717) is 30.9 Å². The van der Waals surface area contributed by atoms with E-state index in [1.54, 1.807) is 25.3 Å². The van der Waals surface area contributed by atoms with E-state index in [0.717, 1.165) is 0 Å². The first-order valence-corrected chi connectivity index (χ1v) is 8.08. The van der Waals surface area contributed by atoms with Gasteiger partial charge in [-0.25, -0.2) is 4.39 Å². The molecule has 1 saturated heterocycles. The number of thioether (sulfide) groups is 1. The van der Waals surface area contributed by atoms with Gasteiger partial charge in [0.05, 0.1) is 11.9 Å². The number of rotatable bonds is 6. The molecule has 1 fully saturated rings. The molecule has 0 radical (unpaired) electrons. The van der Waals surface area contributed by atoms with Crippen LogP contribution in [0.15, 0.2) is 24.3 Å².